The van der Waals surface area contributed by atoms with Crippen LogP contribution in [0.4, 0.5) is 10.5 Å². The Morgan fingerprint density at radius 2 is 2.20 bits per heavy atom. The van der Waals surface area contributed by atoms with E-state index in [4.69, 9.17) is 23.2 Å². The summed E-state index contributed by atoms with van der Waals surface area (Å²) in [5, 5.41) is 13.5. The van der Waals surface area contributed by atoms with Gasteiger partial charge in [-0.3, -0.25) is 0 Å². The maximum absolute atomic E-state index is 12.1. The van der Waals surface area contributed by atoms with Gasteiger partial charge in [0.2, 0.25) is 0 Å². The molecule has 1 aliphatic carbocycles. The lowest BCUT2D eigenvalue weighted by Gasteiger charge is -2.23. The first kappa shape index (κ1) is 15.4. The van der Waals surface area contributed by atoms with Crippen LogP contribution < -0.4 is 5.32 Å². The minimum Gasteiger partial charge on any atom is -0.393 e. The molecular formula is C14H18Cl2N2O2. The average Bonchev–Trinajstić information content (AvgIpc) is 2.79. The van der Waals surface area contributed by atoms with E-state index in [-0.39, 0.29) is 18.1 Å². The van der Waals surface area contributed by atoms with Crippen molar-refractivity contribution < 1.29 is 9.90 Å². The number of nitrogens with zero attached hydrogens (tertiary/aromatic N) is 1. The van der Waals surface area contributed by atoms with E-state index in [2.05, 4.69) is 5.32 Å². The van der Waals surface area contributed by atoms with Gasteiger partial charge in [-0.05, 0) is 31.0 Å². The Hall–Kier alpha value is -0.970. The van der Waals surface area contributed by atoms with Gasteiger partial charge >= 0.3 is 6.03 Å². The summed E-state index contributed by atoms with van der Waals surface area (Å²) in [5.41, 5.74) is 0.489. The largest absolute Gasteiger partial charge is 0.393 e. The van der Waals surface area contributed by atoms with Gasteiger partial charge in [-0.1, -0.05) is 29.6 Å². The van der Waals surface area contributed by atoms with Crippen molar-refractivity contribution >= 4 is 34.9 Å². The number of aliphatic hydroxyl groups is 1. The number of hydrogen-bond donors (Lipinski definition) is 2. The third-order valence-electron chi connectivity index (χ3n) is 3.64. The quantitative estimate of drug-likeness (QED) is 0.894. The molecule has 2 atom stereocenters. The summed E-state index contributed by atoms with van der Waals surface area (Å²) in [6, 6.07) is 4.66. The fourth-order valence-corrected chi connectivity index (χ4v) is 2.81. The topological polar surface area (TPSA) is 52.6 Å². The first-order valence-electron chi connectivity index (χ1n) is 6.62. The molecule has 0 heterocycles. The van der Waals surface area contributed by atoms with Crippen molar-refractivity contribution in [3.8, 4) is 0 Å². The van der Waals surface area contributed by atoms with Crippen LogP contribution in [-0.2, 0) is 0 Å². The van der Waals surface area contributed by atoms with Crippen molar-refractivity contribution in [3.63, 3.8) is 0 Å². The molecule has 20 heavy (non-hydrogen) atoms. The highest BCUT2D eigenvalue weighted by Gasteiger charge is 2.27. The van der Waals surface area contributed by atoms with E-state index in [0.29, 0.717) is 22.3 Å². The van der Waals surface area contributed by atoms with Gasteiger partial charge in [0.25, 0.3) is 0 Å². The van der Waals surface area contributed by atoms with Gasteiger partial charge in [0.15, 0.2) is 0 Å². The molecule has 2 amide bonds. The van der Waals surface area contributed by atoms with E-state index in [0.717, 1.165) is 19.3 Å². The van der Waals surface area contributed by atoms with Crippen molar-refractivity contribution in [2.75, 3.05) is 18.9 Å². The molecule has 0 radical (unpaired) electrons. The highest BCUT2D eigenvalue weighted by atomic mass is 35.5. The van der Waals surface area contributed by atoms with Crippen LogP contribution in [0.2, 0.25) is 10.0 Å². The van der Waals surface area contributed by atoms with Crippen molar-refractivity contribution in [2.24, 2.45) is 5.92 Å². The van der Waals surface area contributed by atoms with Gasteiger partial charge in [-0.15, -0.1) is 0 Å². The first-order chi connectivity index (χ1) is 9.47. The number of carbonyl (C=O) groups excluding carboxylic acids is 1. The average molecular weight is 317 g/mol. The Bertz CT molecular complexity index is 496. The van der Waals surface area contributed by atoms with Crippen molar-refractivity contribution in [2.45, 2.75) is 25.4 Å². The summed E-state index contributed by atoms with van der Waals surface area (Å²) in [5.74, 6) is 0.153. The van der Waals surface area contributed by atoms with Crippen molar-refractivity contribution in [1.29, 1.82) is 0 Å². The molecule has 1 saturated carbocycles. The predicted molar refractivity (Wildman–Crippen MR) is 81.5 cm³/mol. The van der Waals surface area contributed by atoms with Crippen LogP contribution >= 0.6 is 23.2 Å². The fourth-order valence-electron chi connectivity index (χ4n) is 2.47. The SMILES string of the molecule is CN(CC1CCCC1O)C(=O)Nc1cc(Cl)ccc1Cl. The number of aliphatic hydroxyl groups excluding tert-OH is 1. The highest BCUT2D eigenvalue weighted by molar-refractivity contribution is 6.35. The fraction of sp³-hybridized carbons (Fsp3) is 0.500. The Morgan fingerprint density at radius 1 is 1.45 bits per heavy atom. The molecule has 2 unspecified atom stereocenters. The zero-order valence-corrected chi connectivity index (χ0v) is 12.8. The first-order valence-corrected chi connectivity index (χ1v) is 7.38. The molecule has 1 aliphatic rings. The molecule has 1 aromatic rings. The molecule has 0 aromatic heterocycles. The molecule has 0 saturated heterocycles. The van der Waals surface area contributed by atoms with Crippen LogP contribution in [0.15, 0.2) is 18.2 Å². The summed E-state index contributed by atoms with van der Waals surface area (Å²) in [6.07, 6.45) is 2.48. The number of amides is 2. The summed E-state index contributed by atoms with van der Waals surface area (Å²) in [7, 11) is 1.71. The maximum Gasteiger partial charge on any atom is 0.321 e. The zero-order chi connectivity index (χ0) is 14.7. The molecule has 4 nitrogen and oxygen atoms in total. The van der Waals surface area contributed by atoms with Crippen LogP contribution in [0.25, 0.3) is 0 Å². The number of urea groups is 1. The van der Waals surface area contributed by atoms with E-state index in [1.807, 2.05) is 0 Å². The molecular weight excluding hydrogens is 299 g/mol. The number of benzene rings is 1. The minimum absolute atomic E-state index is 0.153. The lowest BCUT2D eigenvalue weighted by molar-refractivity contribution is 0.116. The molecule has 0 aliphatic heterocycles. The standard InChI is InChI=1S/C14H18Cl2N2O2/c1-18(8-9-3-2-4-13(9)19)14(20)17-12-7-10(15)5-6-11(12)16/h5-7,9,13,19H,2-4,8H2,1H3,(H,17,20). The van der Waals surface area contributed by atoms with E-state index < -0.39 is 0 Å². The number of carbonyl (C=O) groups is 1. The van der Waals surface area contributed by atoms with E-state index in [1.165, 1.54) is 0 Å². The predicted octanol–water partition coefficient (Wildman–Crippen LogP) is 3.62. The monoisotopic (exact) mass is 316 g/mol. The van der Waals surface area contributed by atoms with E-state index >= 15 is 0 Å². The number of anilines is 1. The molecule has 1 fully saturated rings. The second-order valence-electron chi connectivity index (χ2n) is 5.19. The van der Waals surface area contributed by atoms with E-state index in [1.54, 1.807) is 30.1 Å². The summed E-state index contributed by atoms with van der Waals surface area (Å²) in [4.78, 5) is 13.7. The Morgan fingerprint density at radius 3 is 2.85 bits per heavy atom. The molecule has 6 heteroatoms. The number of nitrogens with one attached hydrogen (secondary N) is 1. The Balaban J connectivity index is 1.95. The minimum atomic E-state index is -0.306. The Labute approximate surface area is 128 Å². The van der Waals surface area contributed by atoms with Gasteiger partial charge in [-0.2, -0.15) is 0 Å². The van der Waals surface area contributed by atoms with Crippen molar-refractivity contribution in [3.05, 3.63) is 28.2 Å². The summed E-state index contributed by atoms with van der Waals surface area (Å²) >= 11 is 11.9. The van der Waals surface area contributed by atoms with Crippen LogP contribution in [0.1, 0.15) is 19.3 Å². The second kappa shape index (κ2) is 6.66. The van der Waals surface area contributed by atoms with E-state index in [9.17, 15) is 9.90 Å². The third-order valence-corrected chi connectivity index (χ3v) is 4.21. The molecule has 2 N–H and O–H groups in total. The van der Waals surface area contributed by atoms with Gasteiger partial charge in [-0.25, -0.2) is 4.79 Å². The molecule has 1 aromatic carbocycles. The van der Waals surface area contributed by atoms with Crippen LogP contribution in [-0.4, -0.2) is 35.7 Å². The smallest absolute Gasteiger partial charge is 0.321 e. The van der Waals surface area contributed by atoms with Crippen LogP contribution in [0.5, 0.6) is 0 Å². The normalized spacial score (nSPS) is 21.8. The number of hydrogen-bond acceptors (Lipinski definition) is 2. The summed E-state index contributed by atoms with van der Waals surface area (Å²) < 4.78 is 0. The van der Waals surface area contributed by atoms with Gasteiger partial charge in [0.1, 0.15) is 0 Å². The molecule has 0 spiro atoms. The third kappa shape index (κ3) is 3.78. The van der Waals surface area contributed by atoms with Crippen LogP contribution in [0, 0.1) is 5.92 Å². The zero-order valence-electron chi connectivity index (χ0n) is 11.3. The van der Waals surface area contributed by atoms with Gasteiger partial charge < -0.3 is 15.3 Å². The van der Waals surface area contributed by atoms with Gasteiger partial charge in [0, 0.05) is 24.5 Å². The molecule has 110 valence electrons. The Kier molecular flexibility index (Phi) is 5.13. The van der Waals surface area contributed by atoms with Gasteiger partial charge in [0.05, 0.1) is 16.8 Å². The highest BCUT2D eigenvalue weighted by Crippen LogP contribution is 2.27. The molecule has 2 rings (SSSR count). The second-order valence-corrected chi connectivity index (χ2v) is 6.04. The number of rotatable bonds is 3. The number of halogens is 2. The lowest BCUT2D eigenvalue weighted by atomic mass is 10.1. The lowest BCUT2D eigenvalue weighted by Crippen LogP contribution is -2.37. The summed E-state index contributed by atoms with van der Waals surface area (Å²) in [6.45, 7) is 0.533. The van der Waals surface area contributed by atoms with Crippen LogP contribution in [0.3, 0.4) is 0 Å². The van der Waals surface area contributed by atoms with Crippen molar-refractivity contribution in [1.82, 2.24) is 4.90 Å². The molecule has 0 bridgehead atoms. The maximum atomic E-state index is 12.1.